The van der Waals surface area contributed by atoms with Gasteiger partial charge in [-0.15, -0.1) is 11.3 Å². The Hall–Kier alpha value is -5.32. The number of methoxy groups -OCH3 is 1. The van der Waals surface area contributed by atoms with E-state index in [2.05, 4.69) is 85.4 Å². The molecule has 5 aromatic rings. The van der Waals surface area contributed by atoms with E-state index in [0.29, 0.717) is 76.9 Å². The van der Waals surface area contributed by atoms with Gasteiger partial charge in [0.15, 0.2) is 6.39 Å². The van der Waals surface area contributed by atoms with Crippen molar-refractivity contribution in [2.45, 2.75) is 128 Å². The number of oxazole rings is 1. The van der Waals surface area contributed by atoms with E-state index in [0.717, 1.165) is 101 Å². The molecule has 1 aromatic carbocycles. The molecule has 0 spiro atoms. The average molecular weight is 1100 g/mol. The van der Waals surface area contributed by atoms with Crippen LogP contribution in [-0.2, 0) is 51.0 Å². The number of carbonyl (C=O) groups excluding carboxylic acids is 3. The number of amides is 2. The second-order valence-corrected chi connectivity index (χ2v) is 25.2. The van der Waals surface area contributed by atoms with Crippen LogP contribution in [0.4, 0.5) is 5.69 Å². The summed E-state index contributed by atoms with van der Waals surface area (Å²) in [5.41, 5.74) is 11.4. The van der Waals surface area contributed by atoms with Crippen LogP contribution in [0.25, 0.3) is 33.4 Å². The number of piperazine rings is 1. The minimum Gasteiger partial charge on any atom is -0.464 e. The van der Waals surface area contributed by atoms with Crippen LogP contribution in [0, 0.1) is 23.2 Å². The molecular weight excluding hydrogens is 1020 g/mol. The van der Waals surface area contributed by atoms with Crippen LogP contribution in [0.1, 0.15) is 106 Å². The van der Waals surface area contributed by atoms with E-state index >= 15 is 4.79 Å². The Bertz CT molecular complexity index is 3030. The summed E-state index contributed by atoms with van der Waals surface area (Å²) >= 11 is 1.50. The monoisotopic (exact) mass is 1100 g/mol. The van der Waals surface area contributed by atoms with E-state index in [1.807, 2.05) is 13.1 Å². The molecule has 7 atom stereocenters. The molecular formula is C59H76N10O9S. The summed E-state index contributed by atoms with van der Waals surface area (Å²) in [5.74, 6) is -1.47. The Morgan fingerprint density at radius 2 is 1.75 bits per heavy atom. The van der Waals surface area contributed by atoms with Gasteiger partial charge in [0.25, 0.3) is 5.91 Å². The fourth-order valence-electron chi connectivity index (χ4n) is 13.7. The molecule has 5 saturated heterocycles. The number of cyclic esters (lactones) is 1. The molecule has 8 bridgehead atoms. The zero-order chi connectivity index (χ0) is 54.1. The number of hydrogen-bond acceptors (Lipinski definition) is 17. The van der Waals surface area contributed by atoms with Crippen molar-refractivity contribution in [3.63, 3.8) is 0 Å². The number of esters is 1. The molecule has 79 heavy (non-hydrogen) atoms. The number of benzene rings is 1. The SMILES string of the molecule is CO[C@@H](C)c1ncc(N2CCN(C3CC3)CC2)cc1-c1c2c3cc(ccc3n1CCOC1CCOCC1)-c1csc(n1)[C@@H](N1CCOCC1)[C@H](NC(=O)[C@@H]1[C@@H](C)[C@H]1c1cocn1)C(=O)N1N[C@H](C(=O)OCC(C)(C)C2)C2CC1C2. The number of carbonyl (C=O) groups is 3. The van der Waals surface area contributed by atoms with Crippen LogP contribution in [0.3, 0.4) is 0 Å². The number of morpholine rings is 1. The van der Waals surface area contributed by atoms with Gasteiger partial charge in [0.05, 0.1) is 79.3 Å². The lowest BCUT2D eigenvalue weighted by molar-refractivity contribution is -0.172. The standard InChI is InChI=1S/C59H76N10O9S/c1-34-48(45-30-76-33-61-45)49(34)55(70)63-52-54(67-16-21-75-22-17-67)56-62-46(31-79-56)36-6-9-47-42(26-36)44(28-59(3,4)32-78-58(72)51-37-24-39(25-37)69(64-51)57(52)71)53(68(47)18-23-77-41-10-19-74-20-11-41)43-27-40(29-60-50(43)35(2)73-5)66-14-12-65(13-15-66)38-7-8-38/h6,9,26-27,29-31,33-35,37-39,41,48-49,51-52,54,64H,7-8,10-25,28,32H2,1-5H3,(H,63,70)/t34-,35-,37?,39?,48-,49+,51-,52-,54-/m0/s1. The summed E-state index contributed by atoms with van der Waals surface area (Å²) in [5, 5.41) is 8.80. The average Bonchev–Trinajstić information content (AvgIpc) is 4.44. The Labute approximate surface area is 466 Å². The van der Waals surface area contributed by atoms with Crippen molar-refractivity contribution in [2.75, 3.05) is 90.9 Å². The Kier molecular flexibility index (Phi) is 14.7. The number of aromatic nitrogens is 4. The molecule has 0 unspecified atom stereocenters. The molecule has 3 saturated carbocycles. The van der Waals surface area contributed by atoms with E-state index in [1.165, 1.54) is 30.6 Å². The zero-order valence-electron chi connectivity index (χ0n) is 46.3. The van der Waals surface area contributed by atoms with E-state index in [9.17, 15) is 9.59 Å². The summed E-state index contributed by atoms with van der Waals surface area (Å²) in [7, 11) is 1.74. The minimum atomic E-state index is -1.06. The van der Waals surface area contributed by atoms with E-state index in [1.54, 1.807) is 18.4 Å². The number of thiazole rings is 1. The van der Waals surface area contributed by atoms with E-state index < -0.39 is 35.4 Å². The maximum atomic E-state index is 15.6. The van der Waals surface area contributed by atoms with Crippen molar-refractivity contribution in [3.05, 3.63) is 70.5 Å². The first-order chi connectivity index (χ1) is 38.4. The first kappa shape index (κ1) is 53.0. The van der Waals surface area contributed by atoms with Gasteiger partial charge in [0.2, 0.25) is 5.91 Å². The van der Waals surface area contributed by atoms with Gasteiger partial charge < -0.3 is 42.9 Å². The van der Waals surface area contributed by atoms with Gasteiger partial charge in [0.1, 0.15) is 23.4 Å². The smallest absolute Gasteiger partial charge is 0.325 e. The van der Waals surface area contributed by atoms with Gasteiger partial charge in [-0.05, 0) is 87.5 Å². The van der Waals surface area contributed by atoms with Gasteiger partial charge >= 0.3 is 5.97 Å². The Morgan fingerprint density at radius 3 is 2.49 bits per heavy atom. The molecule has 8 fully saturated rings. The zero-order valence-corrected chi connectivity index (χ0v) is 47.1. The molecule has 2 amide bonds. The number of ether oxygens (including phenoxy) is 5. The number of pyridine rings is 1. The molecule has 422 valence electrons. The maximum Gasteiger partial charge on any atom is 0.325 e. The number of hydrazine groups is 1. The van der Waals surface area contributed by atoms with Gasteiger partial charge in [-0.3, -0.25) is 34.2 Å². The molecule has 19 nitrogen and oxygen atoms in total. The summed E-state index contributed by atoms with van der Waals surface area (Å²) in [6, 6.07) is 7.09. The first-order valence-corrected chi connectivity index (χ1v) is 29.9. The third kappa shape index (κ3) is 10.4. The van der Waals surface area contributed by atoms with Gasteiger partial charge in [-0.2, -0.15) is 0 Å². The van der Waals surface area contributed by atoms with Crippen LogP contribution in [0.5, 0.6) is 0 Å². The van der Waals surface area contributed by atoms with Gasteiger partial charge in [-0.25, -0.2) is 15.4 Å². The topological polar surface area (TPSA) is 191 Å². The third-order valence-corrected chi connectivity index (χ3v) is 19.4. The lowest BCUT2D eigenvalue weighted by Crippen LogP contribution is -2.72. The van der Waals surface area contributed by atoms with E-state index in [-0.39, 0.29) is 54.4 Å². The van der Waals surface area contributed by atoms with Crippen molar-refractivity contribution >= 4 is 45.7 Å². The largest absolute Gasteiger partial charge is 0.464 e. The second kappa shape index (κ2) is 21.9. The lowest BCUT2D eigenvalue weighted by atomic mass is 9.73. The quantitative estimate of drug-likeness (QED) is 0.121. The molecule has 14 rings (SSSR count). The van der Waals surface area contributed by atoms with Crippen LogP contribution >= 0.6 is 11.3 Å². The van der Waals surface area contributed by atoms with Crippen molar-refractivity contribution in [2.24, 2.45) is 23.2 Å². The molecule has 0 radical (unpaired) electrons. The molecule has 9 aliphatic rings. The highest BCUT2D eigenvalue weighted by Crippen LogP contribution is 2.54. The van der Waals surface area contributed by atoms with Crippen LogP contribution in [-0.4, -0.2) is 168 Å². The number of anilines is 1. The predicted octanol–water partition coefficient (Wildman–Crippen LogP) is 6.53. The highest BCUT2D eigenvalue weighted by Gasteiger charge is 2.57. The summed E-state index contributed by atoms with van der Waals surface area (Å²) in [6.45, 7) is 16.9. The second-order valence-electron chi connectivity index (χ2n) is 24.3. The molecule has 10 heterocycles. The van der Waals surface area contributed by atoms with Crippen molar-refractivity contribution in [1.29, 1.82) is 0 Å². The highest BCUT2D eigenvalue weighted by atomic mass is 32.1. The fraction of sp³-hybridized carbons (Fsp3) is 0.627. The molecule has 4 aromatic heterocycles. The summed E-state index contributed by atoms with van der Waals surface area (Å²) in [4.78, 5) is 67.5. The third-order valence-electron chi connectivity index (χ3n) is 18.5. The Morgan fingerprint density at radius 1 is 0.962 bits per heavy atom. The number of nitrogens with one attached hydrogen (secondary N) is 2. The van der Waals surface area contributed by atoms with Gasteiger partial charge in [0, 0.05) is 123 Å². The van der Waals surface area contributed by atoms with Crippen molar-refractivity contribution < 1.29 is 42.5 Å². The van der Waals surface area contributed by atoms with Crippen molar-refractivity contribution in [3.8, 4) is 22.5 Å². The van der Waals surface area contributed by atoms with E-state index in [4.69, 9.17) is 38.1 Å². The molecule has 20 heteroatoms. The summed E-state index contributed by atoms with van der Waals surface area (Å²) in [6.07, 6.45) is 11.0. The number of fused-ring (bicyclic) bond motifs is 4. The predicted molar refractivity (Wildman–Crippen MR) is 296 cm³/mol. The van der Waals surface area contributed by atoms with Crippen LogP contribution in [0.2, 0.25) is 0 Å². The highest BCUT2D eigenvalue weighted by molar-refractivity contribution is 7.10. The minimum absolute atomic E-state index is 0.000554. The molecule has 6 aliphatic heterocycles. The Balaban J connectivity index is 0.950. The van der Waals surface area contributed by atoms with Crippen LogP contribution in [0.15, 0.2) is 52.9 Å². The number of nitrogens with zero attached hydrogens (tertiary/aromatic N) is 8. The van der Waals surface area contributed by atoms with Gasteiger partial charge in [-0.1, -0.05) is 26.8 Å². The first-order valence-electron chi connectivity index (χ1n) is 29.0. The number of hydrogen-bond donors (Lipinski definition) is 2. The normalized spacial score (nSPS) is 29.2. The summed E-state index contributed by atoms with van der Waals surface area (Å²) < 4.78 is 38.7. The number of rotatable bonds is 13. The molecule has 3 aliphatic carbocycles. The molecule has 2 N–H and O–H groups in total. The van der Waals surface area contributed by atoms with Crippen molar-refractivity contribution in [1.82, 2.24) is 45.1 Å². The fourth-order valence-corrected chi connectivity index (χ4v) is 14.6. The lowest BCUT2D eigenvalue weighted by Gasteiger charge is -2.53. The maximum absolute atomic E-state index is 15.6. The van der Waals surface area contributed by atoms with Crippen LogP contribution < -0.4 is 15.6 Å².